The fraction of sp³-hybridized carbons (Fsp3) is 0.929. The van der Waals surface area contributed by atoms with Crippen molar-refractivity contribution in [2.24, 2.45) is 27.8 Å². The highest BCUT2D eigenvalue weighted by Gasteiger charge is 2.43. The molecular formula is C28H52FN7O3S. The third-order valence-electron chi connectivity index (χ3n) is 10.0. The minimum atomic E-state index is -3.21. The van der Waals surface area contributed by atoms with Crippen molar-refractivity contribution in [3.8, 4) is 0 Å². The number of nitrogens with zero attached hydrogens (tertiary/aromatic N) is 3. The van der Waals surface area contributed by atoms with Crippen LogP contribution in [0.2, 0.25) is 0 Å². The Hall–Kier alpha value is -1.18. The SMILES string of the molecule is CCCC1(CC)CCC(F)/C=N\C(C(C(=O)NC2CNCCC2N2CCC(S(=O)(=O)N3CCC3)CC2)C(N)N)C1. The highest BCUT2D eigenvalue weighted by atomic mass is 32.2. The van der Waals surface area contributed by atoms with E-state index in [1.807, 2.05) is 0 Å². The van der Waals surface area contributed by atoms with Crippen LogP contribution in [0.4, 0.5) is 4.39 Å². The van der Waals surface area contributed by atoms with Gasteiger partial charge in [0.1, 0.15) is 6.17 Å². The first kappa shape index (κ1) is 31.7. The second kappa shape index (κ2) is 13.9. The summed E-state index contributed by atoms with van der Waals surface area (Å²) in [6, 6.07) is -0.551. The van der Waals surface area contributed by atoms with Gasteiger partial charge in [0.2, 0.25) is 15.9 Å². The minimum absolute atomic E-state index is 0.0927. The first-order valence-electron chi connectivity index (χ1n) is 15.5. The van der Waals surface area contributed by atoms with Crippen molar-refractivity contribution in [3.63, 3.8) is 0 Å². The summed E-state index contributed by atoms with van der Waals surface area (Å²) in [5.74, 6) is -0.997. The number of alkyl halides is 1. The number of carbonyl (C=O) groups is 1. The lowest BCUT2D eigenvalue weighted by molar-refractivity contribution is -0.128. The van der Waals surface area contributed by atoms with Gasteiger partial charge in [0.25, 0.3) is 0 Å². The quantitative estimate of drug-likeness (QED) is 0.283. The standard InChI is InChI=1S/C28H52FN7O3S/c1-3-10-28(4-2)11-6-20(29)18-33-22(17-28)25(26(30)31)27(37)34-23-19-32-12-7-24(23)35-15-8-21(9-16-35)40(38,39)36-13-5-14-36/h18,20-26,32H,3-17,19,30-31H2,1-2H3,(H,34,37)/b33-18-. The van der Waals surface area contributed by atoms with Crippen LogP contribution in [0.3, 0.4) is 0 Å². The Bertz CT molecular complexity index is 971. The third-order valence-corrected chi connectivity index (χ3v) is 12.4. The fourth-order valence-corrected chi connectivity index (χ4v) is 9.36. The molecule has 10 nitrogen and oxygen atoms in total. The van der Waals surface area contributed by atoms with Gasteiger partial charge < -0.3 is 22.1 Å². The van der Waals surface area contributed by atoms with Crippen LogP contribution in [0.5, 0.6) is 0 Å². The summed E-state index contributed by atoms with van der Waals surface area (Å²) in [6.45, 7) is 8.39. The number of aliphatic imine (C=N–C) groups is 1. The molecule has 0 aromatic carbocycles. The van der Waals surface area contributed by atoms with Crippen molar-refractivity contribution in [1.29, 1.82) is 0 Å². The first-order valence-corrected chi connectivity index (χ1v) is 17.0. The lowest BCUT2D eigenvalue weighted by atomic mass is 9.69. The molecule has 0 aromatic rings. The molecule has 3 fully saturated rings. The molecule has 6 atom stereocenters. The molecule has 1 amide bonds. The van der Waals surface area contributed by atoms with Crippen molar-refractivity contribution in [2.75, 3.05) is 39.3 Å². The zero-order valence-electron chi connectivity index (χ0n) is 24.4. The van der Waals surface area contributed by atoms with E-state index in [4.69, 9.17) is 11.5 Å². The molecule has 40 heavy (non-hydrogen) atoms. The minimum Gasteiger partial charge on any atom is -0.350 e. The number of hydrogen-bond donors (Lipinski definition) is 4. The van der Waals surface area contributed by atoms with E-state index in [2.05, 4.69) is 34.4 Å². The molecule has 0 saturated carbocycles. The number of nitrogens with two attached hydrogens (primary N) is 2. The van der Waals surface area contributed by atoms with Gasteiger partial charge in [0, 0.05) is 31.9 Å². The molecule has 6 unspecified atom stereocenters. The molecule has 0 radical (unpaired) electrons. The van der Waals surface area contributed by atoms with E-state index in [0.717, 1.165) is 45.1 Å². The summed E-state index contributed by atoms with van der Waals surface area (Å²) in [5.41, 5.74) is 12.4. The Kier molecular flexibility index (Phi) is 11.0. The van der Waals surface area contributed by atoms with Crippen LogP contribution >= 0.6 is 0 Å². The van der Waals surface area contributed by atoms with E-state index in [-0.39, 0.29) is 28.7 Å². The average molecular weight is 586 g/mol. The number of carbonyl (C=O) groups excluding carboxylic acids is 1. The first-order chi connectivity index (χ1) is 19.1. The van der Waals surface area contributed by atoms with Crippen molar-refractivity contribution in [1.82, 2.24) is 19.8 Å². The molecule has 0 aromatic heterocycles. The molecule has 0 aliphatic carbocycles. The molecule has 4 heterocycles. The van der Waals surface area contributed by atoms with Gasteiger partial charge in [-0.3, -0.25) is 14.7 Å². The van der Waals surface area contributed by atoms with Crippen LogP contribution < -0.4 is 22.1 Å². The maximum Gasteiger partial charge on any atom is 0.228 e. The summed E-state index contributed by atoms with van der Waals surface area (Å²) >= 11 is 0. The molecule has 0 bridgehead atoms. The molecule has 6 N–H and O–H groups in total. The highest BCUT2D eigenvalue weighted by molar-refractivity contribution is 7.89. The Morgan fingerprint density at radius 2 is 1.90 bits per heavy atom. The third kappa shape index (κ3) is 7.23. The summed E-state index contributed by atoms with van der Waals surface area (Å²) in [5, 5.41) is 6.33. The lowest BCUT2D eigenvalue weighted by Gasteiger charge is -2.45. The van der Waals surface area contributed by atoms with Gasteiger partial charge in [0.15, 0.2) is 0 Å². The highest BCUT2D eigenvalue weighted by Crippen LogP contribution is 2.42. The number of hydrogen-bond acceptors (Lipinski definition) is 8. The van der Waals surface area contributed by atoms with Crippen LogP contribution in [0.25, 0.3) is 0 Å². The van der Waals surface area contributed by atoms with E-state index in [1.54, 1.807) is 4.31 Å². The topological polar surface area (TPSA) is 146 Å². The Labute approximate surface area is 240 Å². The molecule has 230 valence electrons. The molecule has 4 aliphatic rings. The van der Waals surface area contributed by atoms with E-state index >= 15 is 0 Å². The average Bonchev–Trinajstić information content (AvgIpc) is 2.88. The monoisotopic (exact) mass is 585 g/mol. The normalized spacial score (nSPS) is 35.0. The molecule has 12 heteroatoms. The van der Waals surface area contributed by atoms with Crippen molar-refractivity contribution < 1.29 is 17.6 Å². The van der Waals surface area contributed by atoms with Crippen molar-refractivity contribution in [3.05, 3.63) is 0 Å². The number of nitrogens with one attached hydrogen (secondary N) is 2. The molecular weight excluding hydrogens is 533 g/mol. The molecule has 3 saturated heterocycles. The maximum absolute atomic E-state index is 14.6. The second-order valence-electron chi connectivity index (χ2n) is 12.5. The van der Waals surface area contributed by atoms with Gasteiger partial charge in [-0.25, -0.2) is 17.1 Å². The van der Waals surface area contributed by atoms with E-state index in [0.29, 0.717) is 58.4 Å². The fourth-order valence-electron chi connectivity index (χ4n) is 7.37. The Balaban J connectivity index is 1.45. The second-order valence-corrected chi connectivity index (χ2v) is 14.8. The van der Waals surface area contributed by atoms with E-state index in [1.165, 1.54) is 6.21 Å². The number of sulfonamides is 1. The zero-order chi connectivity index (χ0) is 28.9. The van der Waals surface area contributed by atoms with Crippen LogP contribution in [-0.2, 0) is 14.8 Å². The molecule has 4 aliphatic heterocycles. The lowest BCUT2D eigenvalue weighted by Crippen LogP contribution is -2.64. The van der Waals surface area contributed by atoms with Crippen LogP contribution in [0, 0.1) is 11.3 Å². The van der Waals surface area contributed by atoms with Crippen molar-refractivity contribution >= 4 is 22.1 Å². The van der Waals surface area contributed by atoms with Crippen LogP contribution in [0.15, 0.2) is 4.99 Å². The number of piperidine rings is 2. The zero-order valence-corrected chi connectivity index (χ0v) is 25.3. The van der Waals surface area contributed by atoms with Gasteiger partial charge in [-0.1, -0.05) is 26.7 Å². The number of likely N-dealkylation sites (tertiary alicyclic amines) is 1. The Morgan fingerprint density at radius 1 is 1.18 bits per heavy atom. The van der Waals surface area contributed by atoms with E-state index in [9.17, 15) is 17.6 Å². The maximum atomic E-state index is 14.6. The number of halogens is 1. The summed E-state index contributed by atoms with van der Waals surface area (Å²) in [4.78, 5) is 20.8. The summed E-state index contributed by atoms with van der Waals surface area (Å²) in [6.07, 6.45) is 7.00. The van der Waals surface area contributed by atoms with Gasteiger partial charge in [-0.15, -0.1) is 0 Å². The van der Waals surface area contributed by atoms with E-state index < -0.39 is 34.3 Å². The predicted molar refractivity (Wildman–Crippen MR) is 157 cm³/mol. The number of amides is 1. The van der Waals surface area contributed by atoms with Gasteiger partial charge in [0.05, 0.1) is 29.4 Å². The van der Waals surface area contributed by atoms with Gasteiger partial charge in [-0.05, 0) is 76.4 Å². The van der Waals surface area contributed by atoms with Crippen LogP contribution in [-0.4, -0.2) is 105 Å². The van der Waals surface area contributed by atoms with Crippen LogP contribution in [0.1, 0.15) is 78.1 Å². The molecule has 0 spiro atoms. The number of rotatable bonds is 10. The van der Waals surface area contributed by atoms with Gasteiger partial charge >= 0.3 is 0 Å². The summed E-state index contributed by atoms with van der Waals surface area (Å²) < 4.78 is 42.0. The van der Waals surface area contributed by atoms with Gasteiger partial charge in [-0.2, -0.15) is 0 Å². The molecule has 4 rings (SSSR count). The Morgan fingerprint density at radius 3 is 2.50 bits per heavy atom. The predicted octanol–water partition coefficient (Wildman–Crippen LogP) is 1.35. The largest absolute Gasteiger partial charge is 0.350 e. The smallest absolute Gasteiger partial charge is 0.228 e. The van der Waals surface area contributed by atoms with Crippen molar-refractivity contribution in [2.45, 2.75) is 114 Å². The summed E-state index contributed by atoms with van der Waals surface area (Å²) in [7, 11) is -3.21.